The topological polar surface area (TPSA) is 63.3 Å². The number of halogens is 1. The first-order valence-corrected chi connectivity index (χ1v) is 6.24. The maximum Gasteiger partial charge on any atom is 0.307 e. The first-order chi connectivity index (χ1) is 8.56. The fraction of sp³-hybridized carbons (Fsp3) is 0.500. The predicted octanol–water partition coefficient (Wildman–Crippen LogP) is 2.44. The van der Waals surface area contributed by atoms with Gasteiger partial charge in [-0.2, -0.15) is 0 Å². The number of aliphatic carboxylic acids is 1. The molecule has 1 aromatic carbocycles. The van der Waals surface area contributed by atoms with Crippen molar-refractivity contribution in [1.29, 1.82) is 0 Å². The Morgan fingerprint density at radius 3 is 2.44 bits per heavy atom. The lowest BCUT2D eigenvalue weighted by molar-refractivity contribution is -0.142. The number of hydrogen-bond acceptors (Lipinski definition) is 2. The van der Waals surface area contributed by atoms with Gasteiger partial charge in [0, 0.05) is 6.54 Å². The molecule has 0 saturated carbocycles. The number of benzene rings is 1. The lowest BCUT2D eigenvalue weighted by Crippen LogP contribution is -2.26. The Hall–Kier alpha value is -1.42. The fourth-order valence-electron chi connectivity index (χ4n) is 2.05. The van der Waals surface area contributed by atoms with Crippen molar-refractivity contribution >= 4 is 5.97 Å². The van der Waals surface area contributed by atoms with Crippen LogP contribution in [0.2, 0.25) is 0 Å². The second-order valence-electron chi connectivity index (χ2n) is 4.61. The summed E-state index contributed by atoms with van der Waals surface area (Å²) in [7, 11) is 0. The van der Waals surface area contributed by atoms with E-state index in [4.69, 9.17) is 10.8 Å². The van der Waals surface area contributed by atoms with E-state index in [-0.39, 0.29) is 18.3 Å². The number of carboxylic acid groups (broad SMARTS) is 1. The lowest BCUT2D eigenvalue weighted by Gasteiger charge is -2.18. The molecular weight excluding hydrogens is 233 g/mol. The van der Waals surface area contributed by atoms with E-state index in [9.17, 15) is 9.18 Å². The number of nitrogens with two attached hydrogens (primary N) is 1. The summed E-state index contributed by atoms with van der Waals surface area (Å²) in [5, 5.41) is 8.99. The predicted molar refractivity (Wildman–Crippen MR) is 68.7 cm³/mol. The van der Waals surface area contributed by atoms with E-state index in [1.54, 1.807) is 12.1 Å². The van der Waals surface area contributed by atoms with Crippen LogP contribution >= 0.6 is 0 Å². The Kier molecular flexibility index (Phi) is 5.78. The minimum absolute atomic E-state index is 0.162. The molecule has 0 aromatic heterocycles. The Balaban J connectivity index is 2.61. The molecule has 3 nitrogen and oxygen atoms in total. The van der Waals surface area contributed by atoms with Crippen molar-refractivity contribution in [2.24, 2.45) is 17.6 Å². The first-order valence-electron chi connectivity index (χ1n) is 6.24. The Morgan fingerprint density at radius 2 is 2.00 bits per heavy atom. The van der Waals surface area contributed by atoms with Crippen molar-refractivity contribution in [3.05, 3.63) is 35.6 Å². The molecule has 0 aliphatic rings. The zero-order valence-electron chi connectivity index (χ0n) is 10.6. The lowest BCUT2D eigenvalue weighted by atomic mass is 9.87. The Morgan fingerprint density at radius 1 is 1.39 bits per heavy atom. The smallest absolute Gasteiger partial charge is 0.307 e. The van der Waals surface area contributed by atoms with Gasteiger partial charge in [0.05, 0.1) is 5.92 Å². The molecule has 0 aliphatic carbocycles. The van der Waals surface area contributed by atoms with Gasteiger partial charge < -0.3 is 10.8 Å². The second-order valence-corrected chi connectivity index (χ2v) is 4.61. The molecule has 0 unspecified atom stereocenters. The van der Waals surface area contributed by atoms with E-state index < -0.39 is 11.9 Å². The Bertz CT molecular complexity index is 378. The van der Waals surface area contributed by atoms with Crippen LogP contribution in [0.5, 0.6) is 0 Å². The monoisotopic (exact) mass is 253 g/mol. The highest BCUT2D eigenvalue weighted by atomic mass is 19.1. The molecule has 1 aromatic rings. The molecule has 0 radical (unpaired) electrons. The van der Waals surface area contributed by atoms with E-state index in [1.165, 1.54) is 12.1 Å². The minimum Gasteiger partial charge on any atom is -0.481 e. The number of hydrogen-bond donors (Lipinski definition) is 2. The first kappa shape index (κ1) is 14.6. The summed E-state index contributed by atoms with van der Waals surface area (Å²) in [5.74, 6) is -1.32. The molecular formula is C14H20FNO2. The van der Waals surface area contributed by atoms with Crippen molar-refractivity contribution in [3.8, 4) is 0 Å². The molecule has 1 rings (SSSR count). The van der Waals surface area contributed by atoms with Crippen molar-refractivity contribution in [1.82, 2.24) is 0 Å². The zero-order chi connectivity index (χ0) is 13.5. The van der Waals surface area contributed by atoms with Crippen molar-refractivity contribution in [2.45, 2.75) is 26.2 Å². The second kappa shape index (κ2) is 7.11. The van der Waals surface area contributed by atoms with Crippen LogP contribution in [0.25, 0.3) is 0 Å². The molecule has 4 heteroatoms. The largest absolute Gasteiger partial charge is 0.481 e. The summed E-state index contributed by atoms with van der Waals surface area (Å²) in [4.78, 5) is 10.9. The van der Waals surface area contributed by atoms with Crippen molar-refractivity contribution in [2.75, 3.05) is 6.54 Å². The maximum absolute atomic E-state index is 12.8. The molecule has 0 bridgehead atoms. The van der Waals surface area contributed by atoms with E-state index >= 15 is 0 Å². The van der Waals surface area contributed by atoms with Gasteiger partial charge >= 0.3 is 5.97 Å². The van der Waals surface area contributed by atoms with Gasteiger partial charge in [0.25, 0.3) is 0 Å². The van der Waals surface area contributed by atoms with Gasteiger partial charge in [0.1, 0.15) is 5.82 Å². The fourth-order valence-corrected chi connectivity index (χ4v) is 2.05. The highest BCUT2D eigenvalue weighted by Crippen LogP contribution is 2.20. The van der Waals surface area contributed by atoms with E-state index in [0.717, 1.165) is 18.4 Å². The SMILES string of the molecule is CC[C@H](Cc1ccc(F)cc1)C[C@@H](CN)C(=O)O. The number of carboxylic acids is 1. The van der Waals surface area contributed by atoms with Gasteiger partial charge in [0.2, 0.25) is 0 Å². The summed E-state index contributed by atoms with van der Waals surface area (Å²) in [6.45, 7) is 2.19. The molecule has 2 atom stereocenters. The third kappa shape index (κ3) is 4.45. The van der Waals surface area contributed by atoms with E-state index in [2.05, 4.69) is 0 Å². The van der Waals surface area contributed by atoms with Crippen molar-refractivity contribution in [3.63, 3.8) is 0 Å². The summed E-state index contributed by atoms with van der Waals surface area (Å²) in [5.41, 5.74) is 6.49. The van der Waals surface area contributed by atoms with Crippen LogP contribution in [0.1, 0.15) is 25.3 Å². The highest BCUT2D eigenvalue weighted by Gasteiger charge is 2.20. The molecule has 0 aliphatic heterocycles. The molecule has 0 spiro atoms. The standard InChI is InChI=1S/C14H20FNO2/c1-2-10(8-12(9-16)14(17)18)7-11-3-5-13(15)6-4-11/h3-6,10,12H,2,7-9,16H2,1H3,(H,17,18)/t10-,12+/m1/s1. The summed E-state index contributed by atoms with van der Waals surface area (Å²) in [6.07, 6.45) is 2.22. The molecule has 3 N–H and O–H groups in total. The van der Waals surface area contributed by atoms with Gasteiger partial charge in [-0.3, -0.25) is 4.79 Å². The van der Waals surface area contributed by atoms with Crippen LogP contribution in [-0.2, 0) is 11.2 Å². The van der Waals surface area contributed by atoms with Gasteiger partial charge in [-0.1, -0.05) is 25.5 Å². The number of carbonyl (C=O) groups is 1. The molecule has 18 heavy (non-hydrogen) atoms. The third-order valence-corrected chi connectivity index (χ3v) is 3.27. The van der Waals surface area contributed by atoms with Crippen LogP contribution in [0, 0.1) is 17.7 Å². The normalized spacial score (nSPS) is 14.2. The third-order valence-electron chi connectivity index (χ3n) is 3.27. The van der Waals surface area contributed by atoms with Gasteiger partial charge in [-0.25, -0.2) is 4.39 Å². The zero-order valence-corrected chi connectivity index (χ0v) is 10.6. The van der Waals surface area contributed by atoms with E-state index in [1.807, 2.05) is 6.92 Å². The summed E-state index contributed by atoms with van der Waals surface area (Å²) >= 11 is 0. The molecule has 0 fully saturated rings. The number of rotatable bonds is 7. The average molecular weight is 253 g/mol. The van der Waals surface area contributed by atoms with Crippen LogP contribution in [0.4, 0.5) is 4.39 Å². The van der Waals surface area contributed by atoms with Crippen molar-refractivity contribution < 1.29 is 14.3 Å². The van der Waals surface area contributed by atoms with Crippen LogP contribution in [0.15, 0.2) is 24.3 Å². The minimum atomic E-state index is -0.838. The summed E-state index contributed by atoms with van der Waals surface area (Å²) < 4.78 is 12.8. The van der Waals surface area contributed by atoms with Gasteiger partial charge in [0.15, 0.2) is 0 Å². The van der Waals surface area contributed by atoms with Crippen LogP contribution < -0.4 is 5.73 Å². The molecule has 100 valence electrons. The highest BCUT2D eigenvalue weighted by molar-refractivity contribution is 5.70. The maximum atomic E-state index is 12.8. The molecule has 0 saturated heterocycles. The average Bonchev–Trinajstić information content (AvgIpc) is 2.36. The van der Waals surface area contributed by atoms with Gasteiger partial charge in [-0.15, -0.1) is 0 Å². The van der Waals surface area contributed by atoms with Gasteiger partial charge in [-0.05, 0) is 36.5 Å². The van der Waals surface area contributed by atoms with Crippen LogP contribution in [0.3, 0.4) is 0 Å². The van der Waals surface area contributed by atoms with Crippen LogP contribution in [-0.4, -0.2) is 17.6 Å². The molecule has 0 amide bonds. The molecule has 0 heterocycles. The summed E-state index contributed by atoms with van der Waals surface area (Å²) in [6, 6.07) is 6.35. The quantitative estimate of drug-likeness (QED) is 0.784. The van der Waals surface area contributed by atoms with E-state index in [0.29, 0.717) is 6.42 Å². The Labute approximate surface area is 107 Å².